The predicted molar refractivity (Wildman–Crippen MR) is 132 cm³/mol. The molecule has 1 N–H and O–H groups in total. The van der Waals surface area contributed by atoms with E-state index in [1.807, 2.05) is 45.9 Å². The molecule has 1 fully saturated rings. The molecule has 3 heterocycles. The molecule has 0 bridgehead atoms. The molecule has 0 aliphatic carbocycles. The van der Waals surface area contributed by atoms with Crippen molar-refractivity contribution >= 4 is 22.8 Å². The van der Waals surface area contributed by atoms with Crippen LogP contribution in [0, 0.1) is 12.8 Å². The Balaban J connectivity index is 1.34. The third-order valence-corrected chi connectivity index (χ3v) is 6.48. The number of hydrogen-bond donors (Lipinski definition) is 1. The number of piperidine rings is 1. The number of hydrogen-bond acceptors (Lipinski definition) is 5. The van der Waals surface area contributed by atoms with Crippen LogP contribution in [0.15, 0.2) is 76.1 Å². The van der Waals surface area contributed by atoms with Crippen molar-refractivity contribution in [1.29, 1.82) is 0 Å². The van der Waals surface area contributed by atoms with Crippen molar-refractivity contribution in [3.63, 3.8) is 0 Å². The molecule has 7 heteroatoms. The zero-order valence-corrected chi connectivity index (χ0v) is 19.2. The van der Waals surface area contributed by atoms with Crippen molar-refractivity contribution in [2.75, 3.05) is 18.0 Å². The minimum absolute atomic E-state index is 0.0271. The first kappa shape index (κ1) is 21.9. The van der Waals surface area contributed by atoms with Gasteiger partial charge in [0.15, 0.2) is 5.82 Å². The number of aromatic nitrogens is 2. The fraction of sp³-hybridized carbons (Fsp3) is 0.296. The van der Waals surface area contributed by atoms with Gasteiger partial charge in [-0.15, -0.1) is 0 Å². The summed E-state index contributed by atoms with van der Waals surface area (Å²) < 4.78 is 7.10. The standard InChI is InChI=1S/C27H28N4O3/c1-19-8-10-20(11-9-19)18-31-24-7-3-2-6-23(24)29-25(27(31)33)30-14-12-21(13-15-30)26(32)28-17-22-5-4-16-34-22/h2-11,16,21H,12-15,17-18H2,1H3,(H,28,32). The van der Waals surface area contributed by atoms with E-state index < -0.39 is 0 Å². The predicted octanol–water partition coefficient (Wildman–Crippen LogP) is 3.88. The molecule has 1 saturated heterocycles. The van der Waals surface area contributed by atoms with E-state index in [0.29, 0.717) is 44.8 Å². The maximum absolute atomic E-state index is 13.6. The molecule has 0 spiro atoms. The van der Waals surface area contributed by atoms with Gasteiger partial charge in [-0.2, -0.15) is 0 Å². The zero-order valence-electron chi connectivity index (χ0n) is 19.2. The highest BCUT2D eigenvalue weighted by molar-refractivity contribution is 5.79. The number of carbonyl (C=O) groups is 1. The lowest BCUT2D eigenvalue weighted by Gasteiger charge is -2.32. The second kappa shape index (κ2) is 9.55. The molecule has 4 aromatic rings. The van der Waals surface area contributed by atoms with E-state index in [-0.39, 0.29) is 17.4 Å². The van der Waals surface area contributed by atoms with Crippen LogP contribution in [0.4, 0.5) is 5.82 Å². The summed E-state index contributed by atoms with van der Waals surface area (Å²) in [4.78, 5) is 32.9. The normalized spacial score (nSPS) is 14.4. The summed E-state index contributed by atoms with van der Waals surface area (Å²) in [5.41, 5.74) is 3.78. The van der Waals surface area contributed by atoms with Gasteiger partial charge in [0, 0.05) is 19.0 Å². The molecule has 174 valence electrons. The maximum Gasteiger partial charge on any atom is 0.294 e. The fourth-order valence-electron chi connectivity index (χ4n) is 4.50. The quantitative estimate of drug-likeness (QED) is 0.476. The summed E-state index contributed by atoms with van der Waals surface area (Å²) in [5.74, 6) is 1.14. The lowest BCUT2D eigenvalue weighted by molar-refractivity contribution is -0.125. The van der Waals surface area contributed by atoms with Gasteiger partial charge < -0.3 is 14.6 Å². The van der Waals surface area contributed by atoms with Gasteiger partial charge in [0.1, 0.15) is 5.76 Å². The summed E-state index contributed by atoms with van der Waals surface area (Å²) in [6, 6.07) is 19.6. The number of aryl methyl sites for hydroxylation is 1. The highest BCUT2D eigenvalue weighted by atomic mass is 16.3. The number of nitrogens with one attached hydrogen (secondary N) is 1. The summed E-state index contributed by atoms with van der Waals surface area (Å²) in [5, 5.41) is 2.95. The molecule has 0 unspecified atom stereocenters. The molecule has 1 aliphatic rings. The molecular weight excluding hydrogens is 428 g/mol. The molecule has 34 heavy (non-hydrogen) atoms. The number of nitrogens with zero attached hydrogens (tertiary/aromatic N) is 3. The number of amides is 1. The van der Waals surface area contributed by atoms with E-state index >= 15 is 0 Å². The first-order valence-corrected chi connectivity index (χ1v) is 11.7. The molecule has 2 aromatic carbocycles. The molecular formula is C27H28N4O3. The van der Waals surface area contributed by atoms with Crippen molar-refractivity contribution in [3.8, 4) is 0 Å². The first-order valence-electron chi connectivity index (χ1n) is 11.7. The molecule has 0 atom stereocenters. The Kier molecular flexibility index (Phi) is 6.16. The molecule has 1 amide bonds. The summed E-state index contributed by atoms with van der Waals surface area (Å²) >= 11 is 0. The lowest BCUT2D eigenvalue weighted by Crippen LogP contribution is -2.43. The Bertz CT molecular complexity index is 1330. The summed E-state index contributed by atoms with van der Waals surface area (Å²) in [7, 11) is 0. The van der Waals surface area contributed by atoms with Gasteiger partial charge in [0.05, 0.1) is 30.4 Å². The number of fused-ring (bicyclic) bond motifs is 1. The second-order valence-electron chi connectivity index (χ2n) is 8.86. The van der Waals surface area contributed by atoms with E-state index in [9.17, 15) is 9.59 Å². The maximum atomic E-state index is 13.6. The summed E-state index contributed by atoms with van der Waals surface area (Å²) in [6.45, 7) is 4.16. The Labute approximate surface area is 198 Å². The molecule has 5 rings (SSSR count). The second-order valence-corrected chi connectivity index (χ2v) is 8.86. The van der Waals surface area contributed by atoms with Crippen LogP contribution in [0.25, 0.3) is 11.0 Å². The van der Waals surface area contributed by atoms with Crippen LogP contribution in [0.2, 0.25) is 0 Å². The fourth-order valence-corrected chi connectivity index (χ4v) is 4.50. The molecule has 2 aromatic heterocycles. The Morgan fingerprint density at radius 2 is 1.82 bits per heavy atom. The van der Waals surface area contributed by atoms with Crippen molar-refractivity contribution in [1.82, 2.24) is 14.9 Å². The third-order valence-electron chi connectivity index (χ3n) is 6.48. The highest BCUT2D eigenvalue weighted by Gasteiger charge is 2.27. The van der Waals surface area contributed by atoms with Crippen LogP contribution in [0.3, 0.4) is 0 Å². The molecule has 1 aliphatic heterocycles. The Morgan fingerprint density at radius 1 is 1.06 bits per heavy atom. The van der Waals surface area contributed by atoms with Crippen molar-refractivity contribution in [2.45, 2.75) is 32.9 Å². The van der Waals surface area contributed by atoms with E-state index in [1.54, 1.807) is 6.26 Å². The van der Waals surface area contributed by atoms with Gasteiger partial charge in [-0.05, 0) is 49.6 Å². The van der Waals surface area contributed by atoms with Gasteiger partial charge in [-0.3, -0.25) is 14.2 Å². The van der Waals surface area contributed by atoms with Crippen LogP contribution < -0.4 is 15.8 Å². The summed E-state index contributed by atoms with van der Waals surface area (Å²) in [6.07, 6.45) is 2.95. The number of anilines is 1. The van der Waals surface area contributed by atoms with Crippen LogP contribution in [0.1, 0.15) is 29.7 Å². The van der Waals surface area contributed by atoms with E-state index in [0.717, 1.165) is 22.4 Å². The van der Waals surface area contributed by atoms with Crippen LogP contribution >= 0.6 is 0 Å². The first-order chi connectivity index (χ1) is 16.6. The van der Waals surface area contributed by atoms with Crippen LogP contribution in [0.5, 0.6) is 0 Å². The zero-order chi connectivity index (χ0) is 23.5. The Hall–Kier alpha value is -3.87. The number of furan rings is 1. The number of rotatable bonds is 6. The smallest absolute Gasteiger partial charge is 0.294 e. The Morgan fingerprint density at radius 3 is 2.56 bits per heavy atom. The van der Waals surface area contributed by atoms with Gasteiger partial charge in [0.2, 0.25) is 5.91 Å². The molecule has 0 radical (unpaired) electrons. The minimum Gasteiger partial charge on any atom is -0.467 e. The van der Waals surface area contributed by atoms with Gasteiger partial charge in [-0.1, -0.05) is 42.0 Å². The third kappa shape index (κ3) is 4.59. The number of benzene rings is 2. The number of carbonyl (C=O) groups excluding carboxylic acids is 1. The SMILES string of the molecule is Cc1ccc(Cn2c(=O)c(N3CCC(C(=O)NCc4ccco4)CC3)nc3ccccc32)cc1. The average Bonchev–Trinajstić information content (AvgIpc) is 3.39. The van der Waals surface area contributed by atoms with Crippen molar-refractivity contribution in [3.05, 3.63) is 94.2 Å². The minimum atomic E-state index is -0.0972. The lowest BCUT2D eigenvalue weighted by atomic mass is 9.96. The monoisotopic (exact) mass is 456 g/mol. The molecule has 7 nitrogen and oxygen atoms in total. The number of para-hydroxylation sites is 2. The van der Waals surface area contributed by atoms with Crippen molar-refractivity contribution < 1.29 is 9.21 Å². The topological polar surface area (TPSA) is 80.4 Å². The van der Waals surface area contributed by atoms with Crippen molar-refractivity contribution in [2.24, 2.45) is 5.92 Å². The van der Waals surface area contributed by atoms with Gasteiger partial charge in [-0.25, -0.2) is 4.98 Å². The highest BCUT2D eigenvalue weighted by Crippen LogP contribution is 2.22. The van der Waals surface area contributed by atoms with Gasteiger partial charge >= 0.3 is 0 Å². The molecule has 0 saturated carbocycles. The van der Waals surface area contributed by atoms with Crippen LogP contribution in [-0.4, -0.2) is 28.5 Å². The average molecular weight is 457 g/mol. The van der Waals surface area contributed by atoms with E-state index in [4.69, 9.17) is 9.40 Å². The van der Waals surface area contributed by atoms with E-state index in [1.165, 1.54) is 5.56 Å². The van der Waals surface area contributed by atoms with E-state index in [2.05, 4.69) is 36.5 Å². The van der Waals surface area contributed by atoms with Gasteiger partial charge in [0.25, 0.3) is 5.56 Å². The van der Waals surface area contributed by atoms with Crippen LogP contribution in [-0.2, 0) is 17.9 Å². The largest absolute Gasteiger partial charge is 0.467 e.